The SMILES string of the molecule is Cc1ccc(NCCc2ccnn2C)c(N)c1. The van der Waals surface area contributed by atoms with E-state index in [4.69, 9.17) is 5.73 Å². The van der Waals surface area contributed by atoms with E-state index in [0.29, 0.717) is 0 Å². The summed E-state index contributed by atoms with van der Waals surface area (Å²) in [4.78, 5) is 0. The minimum atomic E-state index is 0.801. The van der Waals surface area contributed by atoms with Gasteiger partial charge in [-0.15, -0.1) is 0 Å². The molecular formula is C13H18N4. The second kappa shape index (κ2) is 4.91. The van der Waals surface area contributed by atoms with Crippen molar-refractivity contribution >= 4 is 11.4 Å². The highest BCUT2D eigenvalue weighted by atomic mass is 15.3. The average molecular weight is 230 g/mol. The van der Waals surface area contributed by atoms with Gasteiger partial charge in [-0.2, -0.15) is 5.10 Å². The van der Waals surface area contributed by atoms with Gasteiger partial charge in [-0.25, -0.2) is 0 Å². The highest BCUT2D eigenvalue weighted by molar-refractivity contribution is 5.66. The van der Waals surface area contributed by atoms with Crippen LogP contribution in [-0.4, -0.2) is 16.3 Å². The molecule has 0 radical (unpaired) electrons. The number of anilines is 2. The highest BCUT2D eigenvalue weighted by Gasteiger charge is 2.00. The predicted octanol–water partition coefficient (Wildman–Crippen LogP) is 1.97. The summed E-state index contributed by atoms with van der Waals surface area (Å²) >= 11 is 0. The number of benzene rings is 1. The Balaban J connectivity index is 1.92. The molecule has 0 aliphatic heterocycles. The third kappa shape index (κ3) is 2.78. The number of nitrogens with one attached hydrogen (secondary N) is 1. The lowest BCUT2D eigenvalue weighted by Gasteiger charge is -2.10. The largest absolute Gasteiger partial charge is 0.397 e. The quantitative estimate of drug-likeness (QED) is 0.789. The van der Waals surface area contributed by atoms with Crippen molar-refractivity contribution < 1.29 is 0 Å². The normalized spacial score (nSPS) is 10.5. The van der Waals surface area contributed by atoms with Gasteiger partial charge >= 0.3 is 0 Å². The predicted molar refractivity (Wildman–Crippen MR) is 71.0 cm³/mol. The number of hydrogen-bond acceptors (Lipinski definition) is 3. The van der Waals surface area contributed by atoms with Crippen LogP contribution >= 0.6 is 0 Å². The standard InChI is InChI=1S/C13H18N4/c1-10-3-4-13(12(14)9-10)15-7-5-11-6-8-16-17(11)2/h3-4,6,8-9,15H,5,7,14H2,1-2H3. The lowest BCUT2D eigenvalue weighted by Crippen LogP contribution is -2.09. The summed E-state index contributed by atoms with van der Waals surface area (Å²) in [7, 11) is 1.95. The second-order valence-electron chi connectivity index (χ2n) is 4.21. The Bertz CT molecular complexity index is 502. The van der Waals surface area contributed by atoms with Gasteiger partial charge in [0.25, 0.3) is 0 Å². The lowest BCUT2D eigenvalue weighted by atomic mass is 10.2. The van der Waals surface area contributed by atoms with Gasteiger partial charge in [-0.3, -0.25) is 4.68 Å². The van der Waals surface area contributed by atoms with Crippen molar-refractivity contribution in [3.05, 3.63) is 41.7 Å². The molecule has 0 fully saturated rings. The first-order chi connectivity index (χ1) is 8.16. The van der Waals surface area contributed by atoms with E-state index >= 15 is 0 Å². The molecule has 1 aromatic heterocycles. The third-order valence-electron chi connectivity index (χ3n) is 2.83. The molecule has 1 aromatic carbocycles. The monoisotopic (exact) mass is 230 g/mol. The van der Waals surface area contributed by atoms with E-state index in [1.54, 1.807) is 0 Å². The summed E-state index contributed by atoms with van der Waals surface area (Å²) in [6.45, 7) is 2.89. The van der Waals surface area contributed by atoms with Crippen LogP contribution in [-0.2, 0) is 13.5 Å². The maximum absolute atomic E-state index is 5.93. The maximum Gasteiger partial charge on any atom is 0.0574 e. The molecule has 0 bridgehead atoms. The van der Waals surface area contributed by atoms with Crippen LogP contribution in [0.5, 0.6) is 0 Å². The van der Waals surface area contributed by atoms with Crippen LogP contribution < -0.4 is 11.1 Å². The minimum Gasteiger partial charge on any atom is -0.397 e. The van der Waals surface area contributed by atoms with Gasteiger partial charge in [0.1, 0.15) is 0 Å². The van der Waals surface area contributed by atoms with Gasteiger partial charge in [0.05, 0.1) is 11.4 Å². The molecule has 0 saturated carbocycles. The van der Waals surface area contributed by atoms with Gasteiger partial charge < -0.3 is 11.1 Å². The molecule has 17 heavy (non-hydrogen) atoms. The van der Waals surface area contributed by atoms with E-state index in [2.05, 4.69) is 16.5 Å². The van der Waals surface area contributed by atoms with E-state index in [9.17, 15) is 0 Å². The highest BCUT2D eigenvalue weighted by Crippen LogP contribution is 2.19. The first kappa shape index (κ1) is 11.5. The van der Waals surface area contributed by atoms with Gasteiger partial charge in [0.2, 0.25) is 0 Å². The summed E-state index contributed by atoms with van der Waals surface area (Å²) in [6.07, 6.45) is 2.75. The molecule has 0 atom stereocenters. The van der Waals surface area contributed by atoms with E-state index in [-0.39, 0.29) is 0 Å². The van der Waals surface area contributed by atoms with Crippen LogP contribution in [0.25, 0.3) is 0 Å². The summed E-state index contributed by atoms with van der Waals surface area (Å²) in [5, 5.41) is 7.48. The van der Waals surface area contributed by atoms with Crippen LogP contribution in [0, 0.1) is 6.92 Å². The van der Waals surface area contributed by atoms with Crippen molar-refractivity contribution in [3.63, 3.8) is 0 Å². The molecule has 0 aliphatic carbocycles. The Hall–Kier alpha value is -1.97. The number of nitrogen functional groups attached to an aromatic ring is 1. The first-order valence-electron chi connectivity index (χ1n) is 5.73. The van der Waals surface area contributed by atoms with Crippen LogP contribution in [0.3, 0.4) is 0 Å². The van der Waals surface area contributed by atoms with Crippen LogP contribution in [0.1, 0.15) is 11.3 Å². The van der Waals surface area contributed by atoms with Gasteiger partial charge in [-0.1, -0.05) is 6.07 Å². The molecule has 2 aromatic rings. The molecule has 4 nitrogen and oxygen atoms in total. The van der Waals surface area contributed by atoms with Gasteiger partial charge in [0, 0.05) is 31.9 Å². The number of nitrogens with two attached hydrogens (primary N) is 1. The zero-order valence-corrected chi connectivity index (χ0v) is 10.3. The molecule has 0 amide bonds. The fourth-order valence-electron chi connectivity index (χ4n) is 1.81. The Morgan fingerprint density at radius 3 is 2.82 bits per heavy atom. The fourth-order valence-corrected chi connectivity index (χ4v) is 1.81. The summed E-state index contributed by atoms with van der Waals surface area (Å²) in [5.41, 5.74) is 10.1. The van der Waals surface area contributed by atoms with Crippen molar-refractivity contribution in [2.75, 3.05) is 17.6 Å². The van der Waals surface area contributed by atoms with E-state index < -0.39 is 0 Å². The Morgan fingerprint density at radius 1 is 1.35 bits per heavy atom. The zero-order valence-electron chi connectivity index (χ0n) is 10.3. The van der Waals surface area contributed by atoms with Crippen molar-refractivity contribution in [1.29, 1.82) is 0 Å². The summed E-state index contributed by atoms with van der Waals surface area (Å²) in [5.74, 6) is 0. The van der Waals surface area contributed by atoms with Crippen LogP contribution in [0.2, 0.25) is 0 Å². The molecule has 1 heterocycles. The van der Waals surface area contributed by atoms with Crippen molar-refractivity contribution in [1.82, 2.24) is 9.78 Å². The first-order valence-corrected chi connectivity index (χ1v) is 5.73. The molecule has 0 unspecified atom stereocenters. The smallest absolute Gasteiger partial charge is 0.0574 e. The number of aryl methyl sites for hydroxylation is 2. The number of aromatic nitrogens is 2. The molecule has 0 spiro atoms. The fraction of sp³-hybridized carbons (Fsp3) is 0.308. The van der Waals surface area contributed by atoms with Crippen molar-refractivity contribution in [2.45, 2.75) is 13.3 Å². The minimum absolute atomic E-state index is 0.801. The van der Waals surface area contributed by atoms with Crippen molar-refractivity contribution in [2.24, 2.45) is 7.05 Å². The molecule has 2 rings (SSSR count). The van der Waals surface area contributed by atoms with Crippen molar-refractivity contribution in [3.8, 4) is 0 Å². The molecule has 4 heteroatoms. The lowest BCUT2D eigenvalue weighted by molar-refractivity contribution is 0.711. The Kier molecular flexibility index (Phi) is 3.32. The van der Waals surface area contributed by atoms with Crippen LogP contribution in [0.15, 0.2) is 30.5 Å². The summed E-state index contributed by atoms with van der Waals surface area (Å²) < 4.78 is 1.89. The molecule has 90 valence electrons. The van der Waals surface area contributed by atoms with Gasteiger partial charge in [0.15, 0.2) is 0 Å². The number of rotatable bonds is 4. The molecule has 0 aliphatic rings. The molecular weight excluding hydrogens is 212 g/mol. The Morgan fingerprint density at radius 2 is 2.18 bits per heavy atom. The Labute approximate surface area is 101 Å². The van der Waals surface area contributed by atoms with E-state index in [1.807, 2.05) is 43.0 Å². The van der Waals surface area contributed by atoms with E-state index in [0.717, 1.165) is 24.3 Å². The van der Waals surface area contributed by atoms with Gasteiger partial charge in [-0.05, 0) is 30.7 Å². The van der Waals surface area contributed by atoms with E-state index in [1.165, 1.54) is 11.3 Å². The third-order valence-corrected chi connectivity index (χ3v) is 2.83. The molecule has 3 N–H and O–H groups in total. The summed E-state index contributed by atoms with van der Waals surface area (Å²) in [6, 6.07) is 8.09. The second-order valence-corrected chi connectivity index (χ2v) is 4.21. The zero-order chi connectivity index (χ0) is 12.3. The van der Waals surface area contributed by atoms with Crippen LogP contribution in [0.4, 0.5) is 11.4 Å². The maximum atomic E-state index is 5.93. The number of hydrogen-bond donors (Lipinski definition) is 2. The molecule has 0 saturated heterocycles. The average Bonchev–Trinajstić information content (AvgIpc) is 2.68. The number of nitrogens with zero attached hydrogens (tertiary/aromatic N) is 2. The topological polar surface area (TPSA) is 55.9 Å².